The van der Waals surface area contributed by atoms with Gasteiger partial charge in [0.05, 0.1) is 16.6 Å². The Bertz CT molecular complexity index is 1110. The van der Waals surface area contributed by atoms with Crippen molar-refractivity contribution < 1.29 is 9.53 Å². The molecule has 0 aliphatic carbocycles. The number of aromatic nitrogens is 2. The third kappa shape index (κ3) is 4.00. The Morgan fingerprint density at radius 1 is 1.17 bits per heavy atom. The first kappa shape index (κ1) is 20.3. The fraction of sp³-hybridized carbons (Fsp3) is 0.375. The van der Waals surface area contributed by atoms with E-state index in [0.29, 0.717) is 34.8 Å². The predicted octanol–water partition coefficient (Wildman–Crippen LogP) is 3.73. The Morgan fingerprint density at radius 3 is 2.70 bits per heavy atom. The average molecular weight is 405 g/mol. The lowest BCUT2D eigenvalue weighted by atomic mass is 9.96. The van der Waals surface area contributed by atoms with Gasteiger partial charge in [-0.25, -0.2) is 4.98 Å². The molecule has 156 valence electrons. The van der Waals surface area contributed by atoms with Gasteiger partial charge in [0.15, 0.2) is 11.4 Å². The fourth-order valence-electron chi connectivity index (χ4n) is 4.36. The second-order valence-electron chi connectivity index (χ2n) is 7.92. The molecule has 0 saturated carbocycles. The Hall–Kier alpha value is -2.99. The fourth-order valence-corrected chi connectivity index (χ4v) is 4.36. The smallest absolute Gasteiger partial charge is 0.308 e. The van der Waals surface area contributed by atoms with Crippen LogP contribution in [0.3, 0.4) is 0 Å². The van der Waals surface area contributed by atoms with E-state index in [1.807, 2.05) is 36.4 Å². The Kier molecular flexibility index (Phi) is 5.95. The summed E-state index contributed by atoms with van der Waals surface area (Å²) in [5.41, 5.74) is 1.59. The van der Waals surface area contributed by atoms with Crippen LogP contribution in [0.4, 0.5) is 0 Å². The molecule has 0 amide bonds. The van der Waals surface area contributed by atoms with Crippen LogP contribution >= 0.6 is 0 Å². The highest BCUT2D eigenvalue weighted by Gasteiger charge is 2.24. The maximum Gasteiger partial charge on any atom is 0.308 e. The van der Waals surface area contributed by atoms with Crippen molar-refractivity contribution in [1.29, 1.82) is 0 Å². The normalized spacial score (nSPS) is 17.2. The minimum atomic E-state index is -0.437. The van der Waals surface area contributed by atoms with E-state index in [4.69, 9.17) is 4.74 Å². The van der Waals surface area contributed by atoms with Crippen molar-refractivity contribution in [3.05, 3.63) is 64.6 Å². The molecule has 0 radical (unpaired) electrons. The summed E-state index contributed by atoms with van der Waals surface area (Å²) in [5.74, 6) is -0.0886. The van der Waals surface area contributed by atoms with E-state index in [9.17, 15) is 9.59 Å². The van der Waals surface area contributed by atoms with Crippen LogP contribution in [0.15, 0.2) is 53.5 Å². The van der Waals surface area contributed by atoms with Crippen molar-refractivity contribution in [2.24, 2.45) is 0 Å². The zero-order valence-corrected chi connectivity index (χ0v) is 17.5. The third-order valence-electron chi connectivity index (χ3n) is 5.89. The number of rotatable bonds is 5. The minimum absolute atomic E-state index is 0.179. The summed E-state index contributed by atoms with van der Waals surface area (Å²) in [5, 5.41) is 0.670. The number of benzene rings is 1. The van der Waals surface area contributed by atoms with E-state index in [2.05, 4.69) is 16.9 Å². The SMILES string of the molecule is CC(=O)Oc1c(CCC2CCCCN2C)c(=O)n(-c2ccccc2)c2ncccc12. The number of esters is 1. The van der Waals surface area contributed by atoms with E-state index in [1.54, 1.807) is 16.8 Å². The number of likely N-dealkylation sites (tertiary alicyclic amines) is 1. The van der Waals surface area contributed by atoms with E-state index >= 15 is 0 Å². The van der Waals surface area contributed by atoms with Crippen LogP contribution in [0.25, 0.3) is 16.7 Å². The van der Waals surface area contributed by atoms with E-state index in [-0.39, 0.29) is 5.56 Å². The first-order valence-corrected chi connectivity index (χ1v) is 10.5. The minimum Gasteiger partial charge on any atom is -0.425 e. The standard InChI is InChI=1S/C24H27N3O3/c1-17(28)30-22-20-12-8-15-25-23(20)27(19-10-4-3-5-11-19)24(29)21(22)14-13-18-9-6-7-16-26(18)2/h3-5,8,10-12,15,18H,6-7,9,13-14,16H2,1-2H3. The summed E-state index contributed by atoms with van der Waals surface area (Å²) in [6.07, 6.45) is 6.60. The number of fused-ring (bicyclic) bond motifs is 1. The van der Waals surface area contributed by atoms with Crippen LogP contribution in [-0.2, 0) is 11.2 Å². The van der Waals surface area contributed by atoms with Gasteiger partial charge in [-0.1, -0.05) is 24.6 Å². The number of carbonyl (C=O) groups is 1. The van der Waals surface area contributed by atoms with Crippen molar-refractivity contribution in [2.75, 3.05) is 13.6 Å². The van der Waals surface area contributed by atoms with Gasteiger partial charge in [-0.05, 0) is 63.5 Å². The summed E-state index contributed by atoms with van der Waals surface area (Å²) in [4.78, 5) is 32.4. The summed E-state index contributed by atoms with van der Waals surface area (Å²) < 4.78 is 7.22. The number of piperidine rings is 1. The molecule has 1 aliphatic heterocycles. The van der Waals surface area contributed by atoms with Gasteiger partial charge in [0.1, 0.15) is 0 Å². The maximum absolute atomic E-state index is 13.7. The maximum atomic E-state index is 13.7. The van der Waals surface area contributed by atoms with Crippen molar-refractivity contribution in [1.82, 2.24) is 14.5 Å². The van der Waals surface area contributed by atoms with Gasteiger partial charge in [-0.2, -0.15) is 0 Å². The first-order chi connectivity index (χ1) is 14.6. The number of hydrogen-bond donors (Lipinski definition) is 0. The van der Waals surface area contributed by atoms with Crippen molar-refractivity contribution >= 4 is 17.0 Å². The number of nitrogens with zero attached hydrogens (tertiary/aromatic N) is 3. The molecular weight excluding hydrogens is 378 g/mol. The van der Waals surface area contributed by atoms with Gasteiger partial charge in [0.2, 0.25) is 0 Å². The summed E-state index contributed by atoms with van der Waals surface area (Å²) in [7, 11) is 2.14. The second kappa shape index (κ2) is 8.79. The first-order valence-electron chi connectivity index (χ1n) is 10.5. The zero-order valence-electron chi connectivity index (χ0n) is 17.5. The summed E-state index contributed by atoms with van der Waals surface area (Å²) in [6.45, 7) is 2.45. The third-order valence-corrected chi connectivity index (χ3v) is 5.89. The quantitative estimate of drug-likeness (QED) is 0.605. The highest BCUT2D eigenvalue weighted by Crippen LogP contribution is 2.30. The molecule has 6 heteroatoms. The number of pyridine rings is 2. The molecule has 4 rings (SSSR count). The van der Waals surface area contributed by atoms with Crippen LogP contribution in [0.2, 0.25) is 0 Å². The molecule has 1 aliphatic rings. The molecule has 1 unspecified atom stereocenters. The average Bonchev–Trinajstić information content (AvgIpc) is 2.75. The topological polar surface area (TPSA) is 64.4 Å². The lowest BCUT2D eigenvalue weighted by Crippen LogP contribution is -2.37. The molecule has 0 spiro atoms. The van der Waals surface area contributed by atoms with E-state index in [1.165, 1.54) is 19.8 Å². The van der Waals surface area contributed by atoms with Crippen molar-refractivity contribution in [3.8, 4) is 11.4 Å². The largest absolute Gasteiger partial charge is 0.425 e. The zero-order chi connectivity index (χ0) is 21.1. The number of ether oxygens (including phenoxy) is 1. The van der Waals surface area contributed by atoms with Gasteiger partial charge in [-0.3, -0.25) is 14.2 Å². The van der Waals surface area contributed by atoms with Crippen LogP contribution < -0.4 is 10.3 Å². The molecular formula is C24H27N3O3. The summed E-state index contributed by atoms with van der Waals surface area (Å²) in [6, 6.07) is 13.6. The Morgan fingerprint density at radius 2 is 1.97 bits per heavy atom. The van der Waals surface area contributed by atoms with Gasteiger partial charge in [0, 0.05) is 19.2 Å². The van der Waals surface area contributed by atoms with Gasteiger partial charge < -0.3 is 9.64 Å². The molecule has 6 nitrogen and oxygen atoms in total. The highest BCUT2D eigenvalue weighted by atomic mass is 16.5. The monoisotopic (exact) mass is 405 g/mol. The molecule has 1 fully saturated rings. The Labute approximate surface area is 176 Å². The molecule has 1 saturated heterocycles. The molecule has 2 aromatic heterocycles. The molecule has 0 bridgehead atoms. The van der Waals surface area contributed by atoms with Crippen molar-refractivity contribution in [2.45, 2.75) is 45.1 Å². The molecule has 1 atom stereocenters. The molecule has 3 heterocycles. The van der Waals surface area contributed by atoms with Crippen LogP contribution in [0, 0.1) is 0 Å². The van der Waals surface area contributed by atoms with Gasteiger partial charge in [0.25, 0.3) is 5.56 Å². The molecule has 3 aromatic rings. The van der Waals surface area contributed by atoms with Crippen LogP contribution in [0.5, 0.6) is 5.75 Å². The molecule has 1 aromatic carbocycles. The second-order valence-corrected chi connectivity index (χ2v) is 7.92. The number of hydrogen-bond acceptors (Lipinski definition) is 5. The number of para-hydroxylation sites is 1. The lowest BCUT2D eigenvalue weighted by Gasteiger charge is -2.32. The highest BCUT2D eigenvalue weighted by molar-refractivity contribution is 5.87. The summed E-state index contributed by atoms with van der Waals surface area (Å²) >= 11 is 0. The molecule has 30 heavy (non-hydrogen) atoms. The van der Waals surface area contributed by atoms with E-state index < -0.39 is 5.97 Å². The van der Waals surface area contributed by atoms with E-state index in [0.717, 1.165) is 25.1 Å². The lowest BCUT2D eigenvalue weighted by molar-refractivity contribution is -0.131. The molecule has 0 N–H and O–H groups in total. The van der Waals surface area contributed by atoms with Crippen molar-refractivity contribution in [3.63, 3.8) is 0 Å². The predicted molar refractivity (Wildman–Crippen MR) is 117 cm³/mol. The van der Waals surface area contributed by atoms with Crippen LogP contribution in [0.1, 0.15) is 38.2 Å². The van der Waals surface area contributed by atoms with Crippen LogP contribution in [-0.4, -0.2) is 40.1 Å². The Balaban J connectivity index is 1.87. The number of carbonyl (C=O) groups excluding carboxylic acids is 1. The van der Waals surface area contributed by atoms with Gasteiger partial charge in [-0.15, -0.1) is 0 Å². The van der Waals surface area contributed by atoms with Gasteiger partial charge >= 0.3 is 5.97 Å².